The fourth-order valence-corrected chi connectivity index (χ4v) is 4.46. The Bertz CT molecular complexity index is 865. The quantitative estimate of drug-likeness (QED) is 0.847. The third-order valence-electron chi connectivity index (χ3n) is 5.78. The van der Waals surface area contributed by atoms with Gasteiger partial charge >= 0.3 is 0 Å². The Kier molecular flexibility index (Phi) is 4.96. The second-order valence-corrected chi connectivity index (χ2v) is 7.90. The Morgan fingerprint density at radius 3 is 2.70 bits per heavy atom. The van der Waals surface area contributed by atoms with E-state index in [-0.39, 0.29) is 6.04 Å². The topological polar surface area (TPSA) is 88.3 Å². The zero-order chi connectivity index (χ0) is 19.0. The first kappa shape index (κ1) is 18.1. The van der Waals surface area contributed by atoms with Crippen LogP contribution in [0.1, 0.15) is 25.3 Å². The van der Waals surface area contributed by atoms with E-state index in [4.69, 9.17) is 0 Å². The second-order valence-electron chi connectivity index (χ2n) is 7.90. The van der Waals surface area contributed by atoms with Crippen LogP contribution < -0.4 is 10.2 Å². The number of fused-ring (bicyclic) bond motifs is 1. The number of likely N-dealkylation sites (tertiary alicyclic amines) is 1. The van der Waals surface area contributed by atoms with Crippen molar-refractivity contribution in [2.24, 2.45) is 5.92 Å². The number of aliphatic hydroxyl groups excluding tert-OH is 1. The lowest BCUT2D eigenvalue weighted by Crippen LogP contribution is -2.54. The van der Waals surface area contributed by atoms with E-state index in [1.807, 2.05) is 24.1 Å². The highest BCUT2D eigenvalue weighted by Crippen LogP contribution is 2.30. The molecule has 0 saturated carbocycles. The van der Waals surface area contributed by atoms with Gasteiger partial charge in [-0.05, 0) is 37.9 Å². The van der Waals surface area contributed by atoms with Crippen molar-refractivity contribution in [3.8, 4) is 6.07 Å². The van der Waals surface area contributed by atoms with Crippen LogP contribution in [0.2, 0.25) is 0 Å². The van der Waals surface area contributed by atoms with E-state index in [0.717, 1.165) is 43.7 Å². The second kappa shape index (κ2) is 7.39. The van der Waals surface area contributed by atoms with Gasteiger partial charge in [0.15, 0.2) is 0 Å². The van der Waals surface area contributed by atoms with E-state index in [2.05, 4.69) is 33.2 Å². The Morgan fingerprint density at radius 2 is 2.00 bits per heavy atom. The van der Waals surface area contributed by atoms with Gasteiger partial charge in [-0.1, -0.05) is 6.92 Å². The molecule has 1 aromatic heterocycles. The number of anilines is 1. The lowest BCUT2D eigenvalue weighted by Gasteiger charge is -2.40. The van der Waals surface area contributed by atoms with Crippen LogP contribution in [0.3, 0.4) is 0 Å². The Balaban J connectivity index is 1.59. The molecule has 0 radical (unpaired) electrons. The predicted molar refractivity (Wildman–Crippen MR) is 104 cm³/mol. The third-order valence-corrected chi connectivity index (χ3v) is 5.78. The van der Waals surface area contributed by atoms with Crippen molar-refractivity contribution >= 4 is 16.7 Å². The molecule has 0 bridgehead atoms. The summed E-state index contributed by atoms with van der Waals surface area (Å²) < 4.78 is 0. The summed E-state index contributed by atoms with van der Waals surface area (Å²) in [6.45, 7) is 4.98. The highest BCUT2D eigenvalue weighted by atomic mass is 16.3. The maximum atomic E-state index is 10.3. The van der Waals surface area contributed by atoms with Gasteiger partial charge in [0, 0.05) is 44.1 Å². The number of nitrogens with zero attached hydrogens (tertiary/aromatic N) is 5. The van der Waals surface area contributed by atoms with Crippen LogP contribution >= 0.6 is 0 Å². The minimum absolute atomic E-state index is 0.115. The zero-order valence-electron chi connectivity index (χ0n) is 15.8. The van der Waals surface area contributed by atoms with Gasteiger partial charge in [-0.2, -0.15) is 5.26 Å². The van der Waals surface area contributed by atoms with E-state index >= 15 is 0 Å². The van der Waals surface area contributed by atoms with Crippen LogP contribution in [0.15, 0.2) is 24.5 Å². The van der Waals surface area contributed by atoms with Crippen molar-refractivity contribution in [2.45, 2.75) is 38.1 Å². The number of likely N-dealkylation sites (N-methyl/N-ethyl adjacent to an activating group) is 1. The van der Waals surface area contributed by atoms with Crippen molar-refractivity contribution in [3.63, 3.8) is 0 Å². The first-order valence-corrected chi connectivity index (χ1v) is 9.60. The standard InChI is InChI=1S/C20H26N6O/c1-13-9-15(24-16-5-8-25(2)20(16)27)12-26(11-13)17-4-3-14(10-21)18-19(17)23-7-6-22-18/h3-4,6-7,13,15-16,20,24,27H,5,8-9,11-12H2,1-2H3/t13-,15+,16?,20?/m0/s1. The fourth-order valence-electron chi connectivity index (χ4n) is 4.46. The Hall–Kier alpha value is -2.27. The molecule has 2 fully saturated rings. The maximum Gasteiger partial charge on any atom is 0.122 e. The molecule has 2 N–H and O–H groups in total. The van der Waals surface area contributed by atoms with Crippen molar-refractivity contribution in [1.29, 1.82) is 5.26 Å². The van der Waals surface area contributed by atoms with E-state index in [1.54, 1.807) is 12.4 Å². The smallest absolute Gasteiger partial charge is 0.122 e. The van der Waals surface area contributed by atoms with Gasteiger partial charge in [0.25, 0.3) is 0 Å². The molecule has 4 rings (SSSR count). The number of aromatic nitrogens is 2. The average molecular weight is 366 g/mol. The molecule has 0 aliphatic carbocycles. The summed E-state index contributed by atoms with van der Waals surface area (Å²) in [6, 6.07) is 6.46. The van der Waals surface area contributed by atoms with Crippen molar-refractivity contribution < 1.29 is 5.11 Å². The molecule has 7 nitrogen and oxygen atoms in total. The third kappa shape index (κ3) is 3.48. The summed E-state index contributed by atoms with van der Waals surface area (Å²) in [4.78, 5) is 13.2. The number of piperidine rings is 1. The number of nitriles is 1. The largest absolute Gasteiger partial charge is 0.377 e. The summed E-state index contributed by atoms with van der Waals surface area (Å²) in [6.07, 6.45) is 4.95. The molecule has 1 aromatic carbocycles. The highest BCUT2D eigenvalue weighted by molar-refractivity contribution is 5.92. The molecular weight excluding hydrogens is 340 g/mol. The molecule has 142 valence electrons. The van der Waals surface area contributed by atoms with Crippen LogP contribution in [0.4, 0.5) is 5.69 Å². The summed E-state index contributed by atoms with van der Waals surface area (Å²) >= 11 is 0. The summed E-state index contributed by atoms with van der Waals surface area (Å²) in [5, 5.41) is 23.4. The molecule has 2 aromatic rings. The molecule has 7 heteroatoms. The van der Waals surface area contributed by atoms with E-state index in [1.165, 1.54) is 0 Å². The number of benzene rings is 1. The van der Waals surface area contributed by atoms with Crippen LogP contribution in [0, 0.1) is 17.2 Å². The molecule has 3 heterocycles. The van der Waals surface area contributed by atoms with Gasteiger partial charge in [-0.25, -0.2) is 0 Å². The first-order chi connectivity index (χ1) is 13.1. The number of rotatable bonds is 3. The van der Waals surface area contributed by atoms with Crippen molar-refractivity contribution in [3.05, 3.63) is 30.1 Å². The molecule has 27 heavy (non-hydrogen) atoms. The Morgan fingerprint density at radius 1 is 1.22 bits per heavy atom. The molecule has 2 aliphatic heterocycles. The Labute approximate surface area is 159 Å². The fraction of sp³-hybridized carbons (Fsp3) is 0.550. The molecule has 2 aliphatic rings. The lowest BCUT2D eigenvalue weighted by atomic mass is 9.94. The molecule has 0 amide bonds. The first-order valence-electron chi connectivity index (χ1n) is 9.60. The number of nitrogens with one attached hydrogen (secondary N) is 1. The van der Waals surface area contributed by atoms with Gasteiger partial charge < -0.3 is 15.3 Å². The number of aliphatic hydroxyl groups is 1. The van der Waals surface area contributed by atoms with Gasteiger partial charge in [-0.3, -0.25) is 14.9 Å². The van der Waals surface area contributed by atoms with Gasteiger partial charge in [0.1, 0.15) is 23.3 Å². The van der Waals surface area contributed by atoms with E-state index in [0.29, 0.717) is 23.0 Å². The number of hydrogen-bond donors (Lipinski definition) is 2. The summed E-state index contributed by atoms with van der Waals surface area (Å²) in [7, 11) is 1.96. The van der Waals surface area contributed by atoms with Gasteiger partial charge in [-0.15, -0.1) is 0 Å². The van der Waals surface area contributed by atoms with Crippen LogP contribution in [0.5, 0.6) is 0 Å². The molecule has 2 saturated heterocycles. The maximum absolute atomic E-state index is 10.3. The SMILES string of the molecule is C[C@H]1C[C@@H](NC2CCN(C)C2O)CN(c2ccc(C#N)c3nccnc23)C1. The minimum Gasteiger partial charge on any atom is -0.377 e. The van der Waals surface area contributed by atoms with Crippen LogP contribution in [-0.4, -0.2) is 65.0 Å². The summed E-state index contributed by atoms with van der Waals surface area (Å²) in [5.41, 5.74) is 3.02. The molecule has 2 unspecified atom stereocenters. The van der Waals surface area contributed by atoms with Gasteiger partial charge in [0.05, 0.1) is 11.3 Å². The normalized spacial score (nSPS) is 29.2. The van der Waals surface area contributed by atoms with Gasteiger partial charge in [0.2, 0.25) is 0 Å². The molecule has 0 spiro atoms. The van der Waals surface area contributed by atoms with E-state index < -0.39 is 6.23 Å². The molecule has 4 atom stereocenters. The monoisotopic (exact) mass is 366 g/mol. The minimum atomic E-state index is -0.419. The predicted octanol–water partition coefficient (Wildman–Crippen LogP) is 1.33. The van der Waals surface area contributed by atoms with Crippen molar-refractivity contribution in [1.82, 2.24) is 20.2 Å². The average Bonchev–Trinajstić information content (AvgIpc) is 2.98. The lowest BCUT2D eigenvalue weighted by molar-refractivity contribution is 0.0330. The van der Waals surface area contributed by atoms with Crippen LogP contribution in [-0.2, 0) is 0 Å². The number of hydrogen-bond acceptors (Lipinski definition) is 7. The molecular formula is C20H26N6O. The highest BCUT2D eigenvalue weighted by Gasteiger charge is 2.34. The van der Waals surface area contributed by atoms with E-state index in [9.17, 15) is 10.4 Å². The summed E-state index contributed by atoms with van der Waals surface area (Å²) in [5.74, 6) is 0.523. The zero-order valence-corrected chi connectivity index (χ0v) is 15.8. The van der Waals surface area contributed by atoms with Crippen LogP contribution in [0.25, 0.3) is 11.0 Å². The van der Waals surface area contributed by atoms with Crippen molar-refractivity contribution in [2.75, 3.05) is 31.6 Å².